The standard InChI is InChI=1S/C24H19F6N5O/c25-17-5-6-18(19(26)9-17)22(36,13-35-14-32-33-34-35)24(29,30)21-10-20(11-21,12-21)15-1-3-16(4-2-15)23(27,28)7-8-31/h1-6,9,14,36H,7,10-13H2. The average Bonchev–Trinajstić information content (AvgIpc) is 3.24. The largest absolute Gasteiger partial charge is 0.377 e. The Morgan fingerprint density at radius 1 is 1.03 bits per heavy atom. The summed E-state index contributed by atoms with van der Waals surface area (Å²) in [5.41, 5.74) is -6.03. The maximum Gasteiger partial charge on any atom is 0.287 e. The number of hydrogen-bond donors (Lipinski definition) is 1. The van der Waals surface area contributed by atoms with E-state index in [-0.39, 0.29) is 24.8 Å². The van der Waals surface area contributed by atoms with Crippen LogP contribution in [0.5, 0.6) is 0 Å². The maximum atomic E-state index is 16.2. The molecule has 3 fully saturated rings. The van der Waals surface area contributed by atoms with Gasteiger partial charge in [-0.3, -0.25) is 0 Å². The lowest BCUT2D eigenvalue weighted by molar-refractivity contribution is -0.347. The number of hydrogen-bond acceptors (Lipinski definition) is 5. The van der Waals surface area contributed by atoms with Crippen LogP contribution in [0.15, 0.2) is 48.8 Å². The number of nitrogens with zero attached hydrogens (tertiary/aromatic N) is 5. The highest BCUT2D eigenvalue weighted by atomic mass is 19.3. The van der Waals surface area contributed by atoms with Crippen molar-refractivity contribution in [1.82, 2.24) is 20.2 Å². The van der Waals surface area contributed by atoms with Gasteiger partial charge in [0.1, 0.15) is 24.4 Å². The molecule has 1 heterocycles. The monoisotopic (exact) mass is 507 g/mol. The summed E-state index contributed by atoms with van der Waals surface area (Å²) in [6, 6.07) is 8.66. The Bertz CT molecular complexity index is 1320. The first-order valence-corrected chi connectivity index (χ1v) is 11.0. The predicted molar refractivity (Wildman–Crippen MR) is 112 cm³/mol. The summed E-state index contributed by atoms with van der Waals surface area (Å²) in [4.78, 5) is 0. The van der Waals surface area contributed by atoms with Crippen LogP contribution in [0.3, 0.4) is 0 Å². The van der Waals surface area contributed by atoms with Crippen LogP contribution in [0.25, 0.3) is 0 Å². The van der Waals surface area contributed by atoms with Crippen LogP contribution in [0.2, 0.25) is 0 Å². The van der Waals surface area contributed by atoms with Crippen molar-refractivity contribution in [2.75, 3.05) is 0 Å². The van der Waals surface area contributed by atoms with Crippen LogP contribution in [-0.4, -0.2) is 31.2 Å². The van der Waals surface area contributed by atoms with Gasteiger partial charge in [0.2, 0.25) is 0 Å². The van der Waals surface area contributed by atoms with Gasteiger partial charge in [-0.15, -0.1) is 5.10 Å². The molecule has 6 nitrogen and oxygen atoms in total. The summed E-state index contributed by atoms with van der Waals surface area (Å²) in [5.74, 6) is -9.53. The van der Waals surface area contributed by atoms with Crippen LogP contribution in [0.4, 0.5) is 26.3 Å². The summed E-state index contributed by atoms with van der Waals surface area (Å²) in [6.07, 6.45) is -0.187. The molecule has 36 heavy (non-hydrogen) atoms. The molecule has 2 aromatic carbocycles. The molecule has 1 N–H and O–H groups in total. The molecule has 3 aliphatic carbocycles. The summed E-state index contributed by atoms with van der Waals surface area (Å²) in [6.45, 7) is -0.882. The lowest BCUT2D eigenvalue weighted by Crippen LogP contribution is -2.76. The first-order valence-electron chi connectivity index (χ1n) is 11.0. The second kappa shape index (κ2) is 7.77. The van der Waals surface area contributed by atoms with Crippen molar-refractivity contribution in [2.24, 2.45) is 5.41 Å². The second-order valence-electron chi connectivity index (χ2n) is 9.77. The molecule has 188 valence electrons. The Hall–Kier alpha value is -3.46. The third-order valence-corrected chi connectivity index (χ3v) is 7.60. The van der Waals surface area contributed by atoms with Crippen LogP contribution < -0.4 is 0 Å². The number of aliphatic hydroxyl groups is 1. The van der Waals surface area contributed by atoms with E-state index in [0.717, 1.165) is 23.1 Å². The van der Waals surface area contributed by atoms with Crippen molar-refractivity contribution in [3.05, 3.63) is 77.1 Å². The number of halogens is 6. The van der Waals surface area contributed by atoms with Crippen LogP contribution in [0.1, 0.15) is 42.4 Å². The van der Waals surface area contributed by atoms with Crippen LogP contribution >= 0.6 is 0 Å². The minimum atomic E-state index is -3.88. The Kier molecular flexibility index (Phi) is 5.23. The van der Waals surface area contributed by atoms with Crippen molar-refractivity contribution in [3.8, 4) is 6.07 Å². The second-order valence-corrected chi connectivity index (χ2v) is 9.77. The number of tetrazole rings is 1. The van der Waals surface area contributed by atoms with Crippen LogP contribution in [-0.2, 0) is 23.5 Å². The van der Waals surface area contributed by atoms with Gasteiger partial charge in [0, 0.05) is 22.6 Å². The third kappa shape index (κ3) is 3.32. The molecule has 0 saturated heterocycles. The molecule has 3 saturated carbocycles. The number of nitriles is 1. The molecular formula is C24H19F6N5O. The molecule has 1 unspecified atom stereocenters. The molecule has 0 radical (unpaired) electrons. The van der Waals surface area contributed by atoms with E-state index >= 15 is 8.78 Å². The summed E-state index contributed by atoms with van der Waals surface area (Å²) < 4.78 is 89.3. The summed E-state index contributed by atoms with van der Waals surface area (Å²) >= 11 is 0. The van der Waals surface area contributed by atoms with Gasteiger partial charge in [-0.2, -0.15) is 5.26 Å². The van der Waals surface area contributed by atoms with E-state index in [2.05, 4.69) is 15.5 Å². The highest BCUT2D eigenvalue weighted by molar-refractivity contribution is 5.44. The molecule has 0 spiro atoms. The fraction of sp³-hybridized carbons (Fsp3) is 0.417. The fourth-order valence-electron chi connectivity index (χ4n) is 5.80. The van der Waals surface area contributed by atoms with Gasteiger partial charge in [0.15, 0.2) is 5.60 Å². The maximum absolute atomic E-state index is 16.2. The van der Waals surface area contributed by atoms with Crippen molar-refractivity contribution in [1.29, 1.82) is 5.26 Å². The molecule has 3 aromatic rings. The molecule has 0 amide bonds. The molecule has 1 aromatic heterocycles. The molecular weight excluding hydrogens is 488 g/mol. The van der Waals surface area contributed by atoms with Gasteiger partial charge < -0.3 is 5.11 Å². The zero-order valence-electron chi connectivity index (χ0n) is 18.6. The molecule has 1 atom stereocenters. The molecule has 0 aliphatic heterocycles. The Morgan fingerprint density at radius 3 is 2.25 bits per heavy atom. The highest BCUT2D eigenvalue weighted by Crippen LogP contribution is 2.80. The van der Waals surface area contributed by atoms with E-state index in [0.29, 0.717) is 11.6 Å². The average molecular weight is 507 g/mol. The third-order valence-electron chi connectivity index (χ3n) is 7.60. The van der Waals surface area contributed by atoms with Crippen molar-refractivity contribution < 1.29 is 31.4 Å². The van der Waals surface area contributed by atoms with E-state index in [1.54, 1.807) is 0 Å². The first kappa shape index (κ1) is 24.2. The zero-order chi connectivity index (χ0) is 26.0. The van der Waals surface area contributed by atoms with E-state index < -0.39 is 58.4 Å². The number of alkyl halides is 4. The smallest absolute Gasteiger partial charge is 0.287 e. The van der Waals surface area contributed by atoms with Gasteiger partial charge in [0.05, 0.1) is 12.6 Å². The van der Waals surface area contributed by atoms with E-state index in [9.17, 15) is 22.7 Å². The van der Waals surface area contributed by atoms with Crippen molar-refractivity contribution in [3.63, 3.8) is 0 Å². The van der Waals surface area contributed by atoms with Gasteiger partial charge >= 0.3 is 0 Å². The van der Waals surface area contributed by atoms with Crippen molar-refractivity contribution >= 4 is 0 Å². The number of benzene rings is 2. The molecule has 2 bridgehead atoms. The number of aromatic nitrogens is 4. The van der Waals surface area contributed by atoms with Gasteiger partial charge in [-0.05, 0) is 52.8 Å². The molecule has 3 aliphatic rings. The topological polar surface area (TPSA) is 87.6 Å². The highest BCUT2D eigenvalue weighted by Gasteiger charge is 2.82. The lowest BCUT2D eigenvalue weighted by atomic mass is 9.30. The van der Waals surface area contributed by atoms with E-state index in [1.807, 2.05) is 0 Å². The quantitative estimate of drug-likeness (QED) is 0.451. The molecule has 6 rings (SSSR count). The minimum absolute atomic E-state index is 0.0678. The van der Waals surface area contributed by atoms with Crippen molar-refractivity contribution in [2.45, 2.75) is 55.1 Å². The summed E-state index contributed by atoms with van der Waals surface area (Å²) in [5, 5.41) is 30.2. The Labute approximate surface area is 201 Å². The van der Waals surface area contributed by atoms with Gasteiger partial charge in [0.25, 0.3) is 11.8 Å². The van der Waals surface area contributed by atoms with E-state index in [4.69, 9.17) is 5.26 Å². The van der Waals surface area contributed by atoms with Crippen LogP contribution in [0, 0.1) is 28.4 Å². The number of rotatable bonds is 8. The predicted octanol–water partition coefficient (Wildman–Crippen LogP) is 4.60. The van der Waals surface area contributed by atoms with Gasteiger partial charge in [-0.1, -0.05) is 24.3 Å². The fourth-order valence-corrected chi connectivity index (χ4v) is 5.80. The minimum Gasteiger partial charge on any atom is -0.377 e. The summed E-state index contributed by atoms with van der Waals surface area (Å²) in [7, 11) is 0. The Balaban J connectivity index is 1.44. The lowest BCUT2D eigenvalue weighted by Gasteiger charge is -2.74. The first-order chi connectivity index (χ1) is 16.9. The zero-order valence-corrected chi connectivity index (χ0v) is 18.6. The van der Waals surface area contributed by atoms with Gasteiger partial charge in [-0.25, -0.2) is 31.0 Å². The molecule has 12 heteroatoms. The normalized spacial score (nSPS) is 24.8. The van der Waals surface area contributed by atoms with E-state index in [1.165, 1.54) is 30.3 Å². The SMILES string of the molecule is N#CCC(F)(F)c1ccc(C23CC(C(F)(F)C(O)(Cn4cnnn4)c4ccc(F)cc4F)(C2)C3)cc1. The Morgan fingerprint density at radius 2 is 1.69 bits per heavy atom.